The van der Waals surface area contributed by atoms with Gasteiger partial charge in [0.2, 0.25) is 5.91 Å². The van der Waals surface area contributed by atoms with Crippen LogP contribution in [0.3, 0.4) is 0 Å². The molecule has 1 heterocycles. The van der Waals surface area contributed by atoms with Crippen molar-refractivity contribution in [2.24, 2.45) is 0 Å². The number of carbonyl (C=O) groups excluding carboxylic acids is 2. The highest BCUT2D eigenvalue weighted by atomic mass is 16.5. The Hall–Kier alpha value is -2.82. The molecular weight excluding hydrogens is 304 g/mol. The first-order valence-electron chi connectivity index (χ1n) is 7.94. The first-order valence-corrected chi connectivity index (χ1v) is 7.94. The number of anilines is 1. The van der Waals surface area contributed by atoms with Crippen molar-refractivity contribution in [1.29, 1.82) is 0 Å². The monoisotopic (exact) mass is 324 g/mol. The van der Waals surface area contributed by atoms with Crippen LogP contribution in [0, 0.1) is 0 Å². The molecule has 2 amide bonds. The van der Waals surface area contributed by atoms with E-state index >= 15 is 0 Å². The lowest BCUT2D eigenvalue weighted by Crippen LogP contribution is -2.46. The molecule has 0 spiro atoms. The number of carbonyl (C=O) groups is 2. The van der Waals surface area contributed by atoms with Crippen LogP contribution in [0.1, 0.15) is 24.9 Å². The lowest BCUT2D eigenvalue weighted by molar-refractivity contribution is -0.132. The Labute approximate surface area is 141 Å². The minimum absolute atomic E-state index is 0.00528. The molecule has 1 aliphatic heterocycles. The van der Waals surface area contributed by atoms with Crippen LogP contribution in [-0.2, 0) is 9.59 Å². The molecule has 2 atom stereocenters. The molecule has 1 N–H and O–H groups in total. The lowest BCUT2D eigenvalue weighted by Gasteiger charge is -2.31. The zero-order valence-electron chi connectivity index (χ0n) is 13.7. The fourth-order valence-electron chi connectivity index (χ4n) is 2.80. The molecule has 5 nitrogen and oxygen atoms in total. The molecule has 2 aromatic carbocycles. The quantitative estimate of drug-likeness (QED) is 0.941. The van der Waals surface area contributed by atoms with Crippen LogP contribution in [0.2, 0.25) is 0 Å². The summed E-state index contributed by atoms with van der Waals surface area (Å²) in [5, 5.41) is 2.91. The minimum atomic E-state index is -0.798. The molecule has 2 aromatic rings. The van der Waals surface area contributed by atoms with Crippen LogP contribution in [0.15, 0.2) is 54.6 Å². The summed E-state index contributed by atoms with van der Waals surface area (Å²) in [5.74, 6) is 0.196. The third-order valence-electron chi connectivity index (χ3n) is 4.15. The average molecular weight is 324 g/mol. The number of nitrogens with zero attached hydrogens (tertiary/aromatic N) is 1. The third kappa shape index (κ3) is 3.25. The van der Waals surface area contributed by atoms with Gasteiger partial charge < -0.3 is 15.0 Å². The average Bonchev–Trinajstić information content (AvgIpc) is 2.60. The van der Waals surface area contributed by atoms with Gasteiger partial charge in [-0.25, -0.2) is 0 Å². The van der Waals surface area contributed by atoms with Gasteiger partial charge in [0.15, 0.2) is 6.10 Å². The van der Waals surface area contributed by atoms with Crippen molar-refractivity contribution in [3.63, 3.8) is 0 Å². The topological polar surface area (TPSA) is 58.6 Å². The van der Waals surface area contributed by atoms with E-state index in [1.54, 1.807) is 13.1 Å². The zero-order valence-corrected chi connectivity index (χ0v) is 13.7. The second-order valence-corrected chi connectivity index (χ2v) is 5.88. The Morgan fingerprint density at radius 3 is 2.58 bits per heavy atom. The van der Waals surface area contributed by atoms with Gasteiger partial charge in [-0.15, -0.1) is 0 Å². The van der Waals surface area contributed by atoms with E-state index in [4.69, 9.17) is 4.74 Å². The van der Waals surface area contributed by atoms with Crippen LogP contribution in [-0.4, -0.2) is 25.0 Å². The SMILES string of the molecule is CC(NC(=O)CC1Oc2ccccc2N(C)C1=O)c1ccccc1. The fraction of sp³-hybridized carbons (Fsp3) is 0.263. The van der Waals surface area contributed by atoms with Crippen LogP contribution in [0.4, 0.5) is 5.69 Å². The lowest BCUT2D eigenvalue weighted by atomic mass is 10.1. The normalized spacial score (nSPS) is 17.7. The van der Waals surface area contributed by atoms with Gasteiger partial charge in [-0.1, -0.05) is 42.5 Å². The van der Waals surface area contributed by atoms with Crippen molar-refractivity contribution in [3.05, 3.63) is 60.2 Å². The summed E-state index contributed by atoms with van der Waals surface area (Å²) < 4.78 is 5.72. The van der Waals surface area contributed by atoms with Crippen molar-refractivity contribution in [2.45, 2.75) is 25.5 Å². The molecule has 0 saturated heterocycles. The van der Waals surface area contributed by atoms with Crippen LogP contribution >= 0.6 is 0 Å². The number of benzene rings is 2. The predicted octanol–water partition coefficient (Wildman–Crippen LogP) is 2.68. The molecule has 5 heteroatoms. The highest BCUT2D eigenvalue weighted by Gasteiger charge is 2.33. The summed E-state index contributed by atoms with van der Waals surface area (Å²) in [5.41, 5.74) is 1.74. The van der Waals surface area contributed by atoms with E-state index in [1.165, 1.54) is 4.90 Å². The summed E-state index contributed by atoms with van der Waals surface area (Å²) in [4.78, 5) is 26.2. The first-order chi connectivity index (χ1) is 11.6. The van der Waals surface area contributed by atoms with Crippen LogP contribution in [0.5, 0.6) is 5.75 Å². The van der Waals surface area contributed by atoms with E-state index in [0.29, 0.717) is 5.75 Å². The Morgan fingerprint density at radius 2 is 1.83 bits per heavy atom. The van der Waals surface area contributed by atoms with Gasteiger partial charge in [0.25, 0.3) is 5.91 Å². The zero-order chi connectivity index (χ0) is 17.1. The van der Waals surface area contributed by atoms with E-state index in [0.717, 1.165) is 11.3 Å². The second kappa shape index (κ2) is 6.74. The van der Waals surface area contributed by atoms with E-state index in [9.17, 15) is 9.59 Å². The summed E-state index contributed by atoms with van der Waals surface area (Å²) in [6, 6.07) is 16.9. The van der Waals surface area contributed by atoms with Gasteiger partial charge in [0, 0.05) is 7.05 Å². The molecule has 0 aliphatic carbocycles. The fourth-order valence-corrected chi connectivity index (χ4v) is 2.80. The number of likely N-dealkylation sites (N-methyl/N-ethyl adjacent to an activating group) is 1. The molecule has 3 rings (SSSR count). The Bertz CT molecular complexity index is 745. The van der Waals surface area contributed by atoms with Gasteiger partial charge in [-0.3, -0.25) is 9.59 Å². The van der Waals surface area contributed by atoms with Crippen molar-refractivity contribution in [3.8, 4) is 5.75 Å². The molecule has 1 aliphatic rings. The molecule has 0 radical (unpaired) electrons. The summed E-state index contributed by atoms with van der Waals surface area (Å²) in [7, 11) is 1.70. The highest BCUT2D eigenvalue weighted by molar-refractivity contribution is 6.01. The number of amides is 2. The summed E-state index contributed by atoms with van der Waals surface area (Å²) in [6.07, 6.45) is -0.804. The Morgan fingerprint density at radius 1 is 1.17 bits per heavy atom. The second-order valence-electron chi connectivity index (χ2n) is 5.88. The van der Waals surface area contributed by atoms with Crippen molar-refractivity contribution < 1.29 is 14.3 Å². The maximum Gasteiger partial charge on any atom is 0.268 e. The summed E-state index contributed by atoms with van der Waals surface area (Å²) in [6.45, 7) is 1.91. The van der Waals surface area contributed by atoms with E-state index in [-0.39, 0.29) is 24.3 Å². The number of para-hydroxylation sites is 2. The van der Waals surface area contributed by atoms with Crippen molar-refractivity contribution in [1.82, 2.24) is 5.32 Å². The highest BCUT2D eigenvalue weighted by Crippen LogP contribution is 2.33. The number of nitrogens with one attached hydrogen (secondary N) is 1. The van der Waals surface area contributed by atoms with E-state index in [2.05, 4.69) is 5.32 Å². The van der Waals surface area contributed by atoms with Crippen molar-refractivity contribution in [2.75, 3.05) is 11.9 Å². The number of rotatable bonds is 4. The number of hydrogen-bond donors (Lipinski definition) is 1. The van der Waals surface area contributed by atoms with E-state index in [1.807, 2.05) is 55.5 Å². The molecule has 0 saturated carbocycles. The molecule has 0 bridgehead atoms. The molecule has 0 fully saturated rings. The minimum Gasteiger partial charge on any atom is -0.478 e. The first kappa shape index (κ1) is 16.1. The summed E-state index contributed by atoms with van der Waals surface area (Å²) >= 11 is 0. The molecule has 2 unspecified atom stereocenters. The molecular formula is C19H20N2O3. The van der Waals surface area contributed by atoms with Gasteiger partial charge in [-0.2, -0.15) is 0 Å². The smallest absolute Gasteiger partial charge is 0.268 e. The molecule has 0 aromatic heterocycles. The van der Waals surface area contributed by atoms with Gasteiger partial charge in [0.05, 0.1) is 18.2 Å². The van der Waals surface area contributed by atoms with Crippen LogP contribution < -0.4 is 15.0 Å². The van der Waals surface area contributed by atoms with Crippen molar-refractivity contribution >= 4 is 17.5 Å². The van der Waals surface area contributed by atoms with Gasteiger partial charge in [-0.05, 0) is 24.6 Å². The van der Waals surface area contributed by atoms with E-state index < -0.39 is 6.10 Å². The number of ether oxygens (including phenoxy) is 1. The van der Waals surface area contributed by atoms with Gasteiger partial charge in [0.1, 0.15) is 5.75 Å². The maximum atomic E-state index is 12.4. The standard InChI is InChI=1S/C19H20N2O3/c1-13(14-8-4-3-5-9-14)20-18(22)12-17-19(23)21(2)15-10-6-7-11-16(15)24-17/h3-11,13,17H,12H2,1-2H3,(H,20,22). The Kier molecular flexibility index (Phi) is 4.51. The predicted molar refractivity (Wildman–Crippen MR) is 91.9 cm³/mol. The van der Waals surface area contributed by atoms with Crippen LogP contribution in [0.25, 0.3) is 0 Å². The Balaban J connectivity index is 1.66. The number of fused-ring (bicyclic) bond motifs is 1. The maximum absolute atomic E-state index is 12.4. The number of hydrogen-bond acceptors (Lipinski definition) is 3. The third-order valence-corrected chi connectivity index (χ3v) is 4.15. The molecule has 24 heavy (non-hydrogen) atoms. The van der Waals surface area contributed by atoms with Gasteiger partial charge >= 0.3 is 0 Å². The largest absolute Gasteiger partial charge is 0.478 e. The molecule has 124 valence electrons.